The molecular formula is C30H39N7O. The van der Waals surface area contributed by atoms with E-state index in [1.165, 1.54) is 38.5 Å². The van der Waals surface area contributed by atoms with Gasteiger partial charge in [0.25, 0.3) is 0 Å². The van der Waals surface area contributed by atoms with Crippen LogP contribution in [0, 0.1) is 5.92 Å². The average molecular weight is 514 g/mol. The van der Waals surface area contributed by atoms with E-state index in [-0.39, 0.29) is 5.69 Å². The standard InChI is InChI=1S/C30H39N7O/c1-3-5-11-26-21-37(28-12-8-6-7-10-23(28)9-4-2)30(38)36(26)20-25-19-31-18-17-27(25)22-13-15-24(16-14-22)29-32-34-35-33-29/h13-19,21,23,28H,3-12,20H2,1-2H3,(H,32,33,34,35). The number of nitrogens with one attached hydrogen (secondary N) is 1. The molecule has 8 heteroatoms. The van der Waals surface area contributed by atoms with E-state index in [4.69, 9.17) is 0 Å². The van der Waals surface area contributed by atoms with Crippen LogP contribution in [0.1, 0.15) is 88.9 Å². The number of H-pyrrole nitrogens is 1. The van der Waals surface area contributed by atoms with Crippen LogP contribution >= 0.6 is 0 Å². The fraction of sp³-hybridized carbons (Fsp3) is 0.500. The molecule has 200 valence electrons. The van der Waals surface area contributed by atoms with Gasteiger partial charge in [0.05, 0.1) is 6.54 Å². The predicted molar refractivity (Wildman–Crippen MR) is 150 cm³/mol. The Balaban J connectivity index is 1.49. The molecule has 3 heterocycles. The fourth-order valence-corrected chi connectivity index (χ4v) is 6.04. The minimum absolute atomic E-state index is 0.131. The van der Waals surface area contributed by atoms with Gasteiger partial charge in [-0.05, 0) is 66.0 Å². The Kier molecular flexibility index (Phi) is 8.46. The van der Waals surface area contributed by atoms with Crippen molar-refractivity contribution in [1.29, 1.82) is 0 Å². The van der Waals surface area contributed by atoms with Crippen LogP contribution in [0.5, 0.6) is 0 Å². The summed E-state index contributed by atoms with van der Waals surface area (Å²) in [5.41, 5.74) is 5.37. The highest BCUT2D eigenvalue weighted by Gasteiger charge is 2.27. The third-order valence-electron chi connectivity index (χ3n) is 8.04. The lowest BCUT2D eigenvalue weighted by molar-refractivity contribution is 0.284. The largest absolute Gasteiger partial charge is 0.328 e. The summed E-state index contributed by atoms with van der Waals surface area (Å²) in [6.07, 6.45) is 17.5. The Bertz CT molecular complexity index is 1350. The van der Waals surface area contributed by atoms with Crippen molar-refractivity contribution in [3.05, 3.63) is 70.7 Å². The van der Waals surface area contributed by atoms with Crippen molar-refractivity contribution in [1.82, 2.24) is 34.7 Å². The molecule has 1 aliphatic rings. The molecular weight excluding hydrogens is 474 g/mol. The molecule has 0 saturated heterocycles. The Morgan fingerprint density at radius 1 is 1.00 bits per heavy atom. The highest BCUT2D eigenvalue weighted by molar-refractivity contribution is 5.69. The van der Waals surface area contributed by atoms with Crippen molar-refractivity contribution in [2.75, 3.05) is 0 Å². The molecule has 0 amide bonds. The van der Waals surface area contributed by atoms with Gasteiger partial charge >= 0.3 is 5.69 Å². The lowest BCUT2D eigenvalue weighted by Gasteiger charge is -2.25. The van der Waals surface area contributed by atoms with Gasteiger partial charge in [-0.3, -0.25) is 14.1 Å². The summed E-state index contributed by atoms with van der Waals surface area (Å²) in [5, 5.41) is 14.3. The number of hydrogen-bond acceptors (Lipinski definition) is 5. The lowest BCUT2D eigenvalue weighted by atomic mass is 9.90. The first kappa shape index (κ1) is 26.1. The van der Waals surface area contributed by atoms with Crippen molar-refractivity contribution in [3.63, 3.8) is 0 Å². The van der Waals surface area contributed by atoms with Crippen molar-refractivity contribution in [3.8, 4) is 22.5 Å². The number of aromatic amines is 1. The number of unbranched alkanes of at least 4 members (excludes halogenated alkanes) is 1. The van der Waals surface area contributed by atoms with Crippen molar-refractivity contribution >= 4 is 0 Å². The molecule has 2 atom stereocenters. The fourth-order valence-electron chi connectivity index (χ4n) is 6.04. The van der Waals surface area contributed by atoms with Gasteiger partial charge in [-0.25, -0.2) is 4.79 Å². The molecule has 0 bridgehead atoms. The number of aryl methyl sites for hydroxylation is 1. The Morgan fingerprint density at radius 3 is 2.58 bits per heavy atom. The monoisotopic (exact) mass is 513 g/mol. The van der Waals surface area contributed by atoms with E-state index in [0.29, 0.717) is 24.3 Å². The number of pyridine rings is 1. The molecule has 1 fully saturated rings. The number of rotatable bonds is 10. The summed E-state index contributed by atoms with van der Waals surface area (Å²) in [4.78, 5) is 18.5. The number of aromatic nitrogens is 7. The Morgan fingerprint density at radius 2 is 1.82 bits per heavy atom. The smallest absolute Gasteiger partial charge is 0.296 e. The van der Waals surface area contributed by atoms with E-state index in [9.17, 15) is 4.79 Å². The highest BCUT2D eigenvalue weighted by atomic mass is 16.1. The Hall–Kier alpha value is -3.55. The van der Waals surface area contributed by atoms with Crippen LogP contribution in [0.4, 0.5) is 0 Å². The maximum Gasteiger partial charge on any atom is 0.328 e. The maximum absolute atomic E-state index is 14.0. The van der Waals surface area contributed by atoms with E-state index in [2.05, 4.69) is 62.4 Å². The molecule has 1 aliphatic carbocycles. The van der Waals surface area contributed by atoms with E-state index in [0.717, 1.165) is 53.6 Å². The SMILES string of the molecule is CCCCc1cn(C2CCCCCC2CCC)c(=O)n1Cc1cnccc1-c1ccc(-c2nn[nH]n2)cc1. The first-order chi connectivity index (χ1) is 18.7. The molecule has 1 aromatic carbocycles. The highest BCUT2D eigenvalue weighted by Crippen LogP contribution is 2.35. The molecule has 1 N–H and O–H groups in total. The van der Waals surface area contributed by atoms with Gasteiger partial charge < -0.3 is 0 Å². The summed E-state index contributed by atoms with van der Waals surface area (Å²) < 4.78 is 4.12. The van der Waals surface area contributed by atoms with Gasteiger partial charge in [0.15, 0.2) is 0 Å². The van der Waals surface area contributed by atoms with E-state index in [1.807, 2.05) is 35.2 Å². The molecule has 5 rings (SSSR count). The van der Waals surface area contributed by atoms with Crippen molar-refractivity contribution < 1.29 is 0 Å². The lowest BCUT2D eigenvalue weighted by Crippen LogP contribution is -2.31. The summed E-state index contributed by atoms with van der Waals surface area (Å²) in [6, 6.07) is 10.5. The molecule has 4 aromatic rings. The summed E-state index contributed by atoms with van der Waals surface area (Å²) in [7, 11) is 0. The van der Waals surface area contributed by atoms with Crippen molar-refractivity contribution in [2.24, 2.45) is 5.92 Å². The zero-order chi connectivity index (χ0) is 26.3. The second kappa shape index (κ2) is 12.3. The number of nitrogens with zero attached hydrogens (tertiary/aromatic N) is 6. The number of benzene rings is 1. The van der Waals surface area contributed by atoms with Gasteiger partial charge in [0, 0.05) is 35.9 Å². The van der Waals surface area contributed by atoms with Crippen molar-refractivity contribution in [2.45, 2.75) is 90.6 Å². The molecule has 0 aliphatic heterocycles. The topological polar surface area (TPSA) is 94.3 Å². The van der Waals surface area contributed by atoms with Crippen LogP contribution in [0.2, 0.25) is 0 Å². The van der Waals surface area contributed by atoms with Crippen LogP contribution in [-0.4, -0.2) is 34.7 Å². The summed E-state index contributed by atoms with van der Waals surface area (Å²) in [6.45, 7) is 4.99. The number of hydrogen-bond donors (Lipinski definition) is 1. The normalized spacial score (nSPS) is 17.9. The Labute approximate surface area is 224 Å². The maximum atomic E-state index is 14.0. The van der Waals surface area contributed by atoms with Crippen LogP contribution in [0.3, 0.4) is 0 Å². The second-order valence-electron chi connectivity index (χ2n) is 10.6. The van der Waals surface area contributed by atoms with Gasteiger partial charge in [-0.15, -0.1) is 10.2 Å². The second-order valence-corrected chi connectivity index (χ2v) is 10.6. The molecule has 1 saturated carbocycles. The quantitative estimate of drug-likeness (QED) is 0.255. The third kappa shape index (κ3) is 5.64. The number of tetrazole rings is 1. The van der Waals surface area contributed by atoms with Crippen LogP contribution in [0.25, 0.3) is 22.5 Å². The summed E-state index contributed by atoms with van der Waals surface area (Å²) in [5.74, 6) is 1.15. The molecule has 8 nitrogen and oxygen atoms in total. The first-order valence-electron chi connectivity index (χ1n) is 14.3. The third-order valence-corrected chi connectivity index (χ3v) is 8.04. The van der Waals surface area contributed by atoms with Crippen LogP contribution in [-0.2, 0) is 13.0 Å². The van der Waals surface area contributed by atoms with Gasteiger partial charge in [0.2, 0.25) is 5.82 Å². The van der Waals surface area contributed by atoms with E-state index >= 15 is 0 Å². The van der Waals surface area contributed by atoms with E-state index < -0.39 is 0 Å². The minimum Gasteiger partial charge on any atom is -0.296 e. The molecule has 3 aromatic heterocycles. The first-order valence-corrected chi connectivity index (χ1v) is 14.3. The molecule has 2 unspecified atom stereocenters. The van der Waals surface area contributed by atoms with Gasteiger partial charge in [-0.2, -0.15) is 5.21 Å². The molecule has 0 spiro atoms. The van der Waals surface area contributed by atoms with Crippen LogP contribution < -0.4 is 5.69 Å². The van der Waals surface area contributed by atoms with Gasteiger partial charge in [-0.1, -0.05) is 70.2 Å². The molecule has 38 heavy (non-hydrogen) atoms. The van der Waals surface area contributed by atoms with Crippen LogP contribution in [0.15, 0.2) is 53.7 Å². The number of imidazole rings is 1. The summed E-state index contributed by atoms with van der Waals surface area (Å²) >= 11 is 0. The zero-order valence-corrected chi connectivity index (χ0v) is 22.6. The van der Waals surface area contributed by atoms with E-state index in [1.54, 1.807) is 0 Å². The average Bonchev–Trinajstić information content (AvgIpc) is 3.52. The molecule has 0 radical (unpaired) electrons. The predicted octanol–water partition coefficient (Wildman–Crippen LogP) is 6.20. The van der Waals surface area contributed by atoms with Gasteiger partial charge in [0.1, 0.15) is 0 Å². The zero-order valence-electron chi connectivity index (χ0n) is 22.6. The minimum atomic E-state index is 0.131.